The molecule has 2 rings (SSSR count). The second kappa shape index (κ2) is 11.2. The topological polar surface area (TPSA) is 54.9 Å². The summed E-state index contributed by atoms with van der Waals surface area (Å²) in [5.41, 5.74) is 3.11. The number of benzene rings is 2. The van der Waals surface area contributed by atoms with Gasteiger partial charge in [-0.15, -0.1) is 0 Å². The number of halogens is 1. The van der Waals surface area contributed by atoms with Gasteiger partial charge in [-0.25, -0.2) is 4.39 Å². The van der Waals surface area contributed by atoms with Crippen molar-refractivity contribution in [3.05, 3.63) is 65.0 Å². The minimum absolute atomic E-state index is 0.199. The number of ether oxygens (including phenoxy) is 2. The fourth-order valence-corrected chi connectivity index (χ4v) is 2.72. The minimum Gasteiger partial charge on any atom is -0.496 e. The molecule has 0 atom stereocenters. The van der Waals surface area contributed by atoms with Crippen LogP contribution >= 0.6 is 0 Å². The van der Waals surface area contributed by atoms with Gasteiger partial charge in [-0.2, -0.15) is 0 Å². The molecule has 0 saturated carbocycles. The number of rotatable bonds is 9. The van der Waals surface area contributed by atoms with Crippen LogP contribution < -0.4 is 15.4 Å². The molecule has 0 unspecified atom stereocenters. The molecule has 0 spiro atoms. The number of para-hydroxylation sites is 1. The number of aryl methyl sites for hydroxylation is 1. The second-order valence-electron chi connectivity index (χ2n) is 6.11. The van der Waals surface area contributed by atoms with Crippen LogP contribution in [0.1, 0.15) is 16.7 Å². The molecule has 0 aromatic heterocycles. The lowest BCUT2D eigenvalue weighted by Gasteiger charge is -2.13. The number of nitrogens with zero attached hydrogens (tertiary/aromatic N) is 1. The van der Waals surface area contributed by atoms with E-state index in [0.29, 0.717) is 26.3 Å². The molecule has 6 heteroatoms. The predicted molar refractivity (Wildman–Crippen MR) is 107 cm³/mol. The Morgan fingerprint density at radius 2 is 1.85 bits per heavy atom. The van der Waals surface area contributed by atoms with Crippen molar-refractivity contribution in [3.63, 3.8) is 0 Å². The van der Waals surface area contributed by atoms with Crippen molar-refractivity contribution >= 4 is 5.96 Å². The van der Waals surface area contributed by atoms with Crippen molar-refractivity contribution in [1.29, 1.82) is 0 Å². The largest absolute Gasteiger partial charge is 0.496 e. The van der Waals surface area contributed by atoms with Gasteiger partial charge in [0.1, 0.15) is 11.6 Å². The van der Waals surface area contributed by atoms with Gasteiger partial charge in [0.2, 0.25) is 0 Å². The standard InChI is InChI=1S/C21H28FN3O2/c1-16-14-19(22)9-8-17(16)10-11-24-21(23-2)25-12-13-27-15-18-6-4-5-7-20(18)26-3/h4-9,14H,10-13,15H2,1-3H3,(H2,23,24,25). The summed E-state index contributed by atoms with van der Waals surface area (Å²) < 4.78 is 24.1. The van der Waals surface area contributed by atoms with Gasteiger partial charge in [0.25, 0.3) is 0 Å². The Morgan fingerprint density at radius 3 is 2.59 bits per heavy atom. The number of aliphatic imine (C=N–C) groups is 1. The normalized spacial score (nSPS) is 11.3. The van der Waals surface area contributed by atoms with E-state index in [0.717, 1.165) is 34.8 Å². The first-order chi connectivity index (χ1) is 13.1. The quantitative estimate of drug-likeness (QED) is 0.403. The molecule has 0 radical (unpaired) electrons. The molecule has 0 aliphatic heterocycles. The molecule has 2 aromatic carbocycles. The van der Waals surface area contributed by atoms with E-state index in [2.05, 4.69) is 15.6 Å². The van der Waals surface area contributed by atoms with Crippen molar-refractivity contribution in [2.24, 2.45) is 4.99 Å². The zero-order valence-electron chi connectivity index (χ0n) is 16.2. The minimum atomic E-state index is -0.199. The number of hydrogen-bond acceptors (Lipinski definition) is 3. The van der Waals surface area contributed by atoms with E-state index in [9.17, 15) is 4.39 Å². The summed E-state index contributed by atoms with van der Waals surface area (Å²) in [6, 6.07) is 12.7. The molecule has 0 amide bonds. The van der Waals surface area contributed by atoms with Gasteiger partial charge < -0.3 is 20.1 Å². The first-order valence-electron chi connectivity index (χ1n) is 9.03. The lowest BCUT2D eigenvalue weighted by atomic mass is 10.1. The van der Waals surface area contributed by atoms with E-state index in [4.69, 9.17) is 9.47 Å². The van der Waals surface area contributed by atoms with Crippen LogP contribution in [0, 0.1) is 12.7 Å². The molecule has 5 nitrogen and oxygen atoms in total. The molecular formula is C21H28FN3O2. The van der Waals surface area contributed by atoms with E-state index >= 15 is 0 Å². The summed E-state index contributed by atoms with van der Waals surface area (Å²) >= 11 is 0. The monoisotopic (exact) mass is 373 g/mol. The highest BCUT2D eigenvalue weighted by Gasteiger charge is 2.03. The molecule has 27 heavy (non-hydrogen) atoms. The number of guanidine groups is 1. The van der Waals surface area contributed by atoms with Gasteiger partial charge in [-0.3, -0.25) is 4.99 Å². The smallest absolute Gasteiger partial charge is 0.191 e. The van der Waals surface area contributed by atoms with E-state index < -0.39 is 0 Å². The maximum Gasteiger partial charge on any atom is 0.191 e. The summed E-state index contributed by atoms with van der Waals surface area (Å²) in [6.07, 6.45) is 0.803. The third-order valence-electron chi connectivity index (χ3n) is 4.20. The number of nitrogens with one attached hydrogen (secondary N) is 2. The molecule has 2 aromatic rings. The molecular weight excluding hydrogens is 345 g/mol. The zero-order valence-corrected chi connectivity index (χ0v) is 16.2. The first kappa shape index (κ1) is 20.7. The SMILES string of the molecule is CN=C(NCCOCc1ccccc1OC)NCCc1ccc(F)cc1C. The van der Waals surface area contributed by atoms with Gasteiger partial charge in [-0.1, -0.05) is 24.3 Å². The zero-order chi connectivity index (χ0) is 19.5. The Morgan fingerprint density at radius 1 is 1.07 bits per heavy atom. The maximum absolute atomic E-state index is 13.1. The average Bonchev–Trinajstić information content (AvgIpc) is 2.68. The summed E-state index contributed by atoms with van der Waals surface area (Å²) in [5, 5.41) is 6.47. The number of methoxy groups -OCH3 is 1. The van der Waals surface area contributed by atoms with Gasteiger partial charge >= 0.3 is 0 Å². The van der Waals surface area contributed by atoms with Crippen molar-refractivity contribution in [2.75, 3.05) is 33.9 Å². The Labute approximate surface area is 160 Å². The van der Waals surface area contributed by atoms with Crippen molar-refractivity contribution < 1.29 is 13.9 Å². The highest BCUT2D eigenvalue weighted by atomic mass is 19.1. The van der Waals surface area contributed by atoms with E-state index in [1.165, 1.54) is 6.07 Å². The molecule has 0 bridgehead atoms. The van der Waals surface area contributed by atoms with Crippen LogP contribution in [0.15, 0.2) is 47.5 Å². The molecule has 0 aliphatic carbocycles. The maximum atomic E-state index is 13.1. The lowest BCUT2D eigenvalue weighted by Crippen LogP contribution is -2.39. The third-order valence-corrected chi connectivity index (χ3v) is 4.20. The molecule has 146 valence electrons. The highest BCUT2D eigenvalue weighted by Crippen LogP contribution is 2.17. The van der Waals surface area contributed by atoms with Gasteiger partial charge in [0, 0.05) is 25.7 Å². The molecule has 2 N–H and O–H groups in total. The summed E-state index contributed by atoms with van der Waals surface area (Å²) in [5.74, 6) is 1.35. The van der Waals surface area contributed by atoms with Crippen LogP contribution in [0.5, 0.6) is 5.75 Å². The Balaban J connectivity index is 1.65. The second-order valence-corrected chi connectivity index (χ2v) is 6.11. The summed E-state index contributed by atoms with van der Waals surface area (Å²) in [6.45, 7) is 4.33. The Kier molecular flexibility index (Phi) is 8.58. The van der Waals surface area contributed by atoms with Gasteiger partial charge in [0.15, 0.2) is 5.96 Å². The average molecular weight is 373 g/mol. The van der Waals surface area contributed by atoms with Crippen LogP contribution in [0.3, 0.4) is 0 Å². The van der Waals surface area contributed by atoms with Crippen molar-refractivity contribution in [3.8, 4) is 5.75 Å². The predicted octanol–water partition coefficient (Wildman–Crippen LogP) is 3.07. The third kappa shape index (κ3) is 6.90. The van der Waals surface area contributed by atoms with Gasteiger partial charge in [-0.05, 0) is 42.7 Å². The summed E-state index contributed by atoms with van der Waals surface area (Å²) in [7, 11) is 3.39. The van der Waals surface area contributed by atoms with Crippen molar-refractivity contribution in [2.45, 2.75) is 20.0 Å². The molecule has 0 fully saturated rings. The molecule has 0 saturated heterocycles. The first-order valence-corrected chi connectivity index (χ1v) is 9.03. The van der Waals surface area contributed by atoms with E-state index in [1.54, 1.807) is 20.2 Å². The van der Waals surface area contributed by atoms with Crippen LogP contribution in [0.4, 0.5) is 4.39 Å². The lowest BCUT2D eigenvalue weighted by molar-refractivity contribution is 0.123. The Hall–Kier alpha value is -2.60. The van der Waals surface area contributed by atoms with Crippen LogP contribution in [-0.2, 0) is 17.8 Å². The van der Waals surface area contributed by atoms with Crippen molar-refractivity contribution in [1.82, 2.24) is 10.6 Å². The van der Waals surface area contributed by atoms with Crippen LogP contribution in [0.25, 0.3) is 0 Å². The fourth-order valence-electron chi connectivity index (χ4n) is 2.72. The summed E-state index contributed by atoms with van der Waals surface area (Å²) in [4.78, 5) is 4.20. The molecule has 0 aliphatic rings. The molecule has 0 heterocycles. The van der Waals surface area contributed by atoms with Crippen LogP contribution in [0.2, 0.25) is 0 Å². The Bertz CT molecular complexity index is 750. The van der Waals surface area contributed by atoms with Crippen LogP contribution in [-0.4, -0.2) is 39.8 Å². The highest BCUT2D eigenvalue weighted by molar-refractivity contribution is 5.79. The fraction of sp³-hybridized carbons (Fsp3) is 0.381. The van der Waals surface area contributed by atoms with E-state index in [-0.39, 0.29) is 5.82 Å². The van der Waals surface area contributed by atoms with Gasteiger partial charge in [0.05, 0.1) is 20.3 Å². The van der Waals surface area contributed by atoms with E-state index in [1.807, 2.05) is 37.3 Å². The number of hydrogen-bond donors (Lipinski definition) is 2.